The normalized spacial score (nSPS) is 20.5. The molecule has 0 saturated heterocycles. The number of carbonyl (C=O) groups excluding carboxylic acids is 3. The maximum Gasteiger partial charge on any atom is 0.411 e. The zero-order valence-electron chi connectivity index (χ0n) is 15.9. The fraction of sp³-hybridized carbons (Fsp3) is 0.500. The number of rotatable bonds is 7. The number of sulfone groups is 1. The Hall–Kier alpha value is -1.82. The van der Waals surface area contributed by atoms with Crippen molar-refractivity contribution in [2.75, 3.05) is 20.0 Å². The standard InChI is InChI=1S/C18H18ClF3O7S/c1-28-12-5-4-11(23)14(17(12)25)16(24)9-3-6-13(30(2,26)27)10(15(9)19)7-29-8-18(20,21)22/h3,6,12,14H,4-5,7-8H2,1-2H3. The summed E-state index contributed by atoms with van der Waals surface area (Å²) in [4.78, 5) is 37.1. The van der Waals surface area contributed by atoms with E-state index in [1.807, 2.05) is 0 Å². The highest BCUT2D eigenvalue weighted by Crippen LogP contribution is 2.33. The van der Waals surface area contributed by atoms with Crippen LogP contribution in [0.25, 0.3) is 0 Å². The summed E-state index contributed by atoms with van der Waals surface area (Å²) in [6.07, 6.45) is -4.77. The van der Waals surface area contributed by atoms with Crippen molar-refractivity contribution in [2.45, 2.75) is 36.6 Å². The first-order valence-electron chi connectivity index (χ1n) is 8.57. The molecule has 12 heteroatoms. The van der Waals surface area contributed by atoms with E-state index in [1.165, 1.54) is 7.11 Å². The molecule has 2 rings (SSSR count). The van der Waals surface area contributed by atoms with Crippen molar-refractivity contribution in [3.05, 3.63) is 28.3 Å². The van der Waals surface area contributed by atoms with Crippen LogP contribution in [-0.4, -0.2) is 58.0 Å². The summed E-state index contributed by atoms with van der Waals surface area (Å²) in [5, 5.41) is -0.495. The Morgan fingerprint density at radius 1 is 1.27 bits per heavy atom. The van der Waals surface area contributed by atoms with Gasteiger partial charge < -0.3 is 9.47 Å². The lowest BCUT2D eigenvalue weighted by atomic mass is 9.80. The lowest BCUT2D eigenvalue weighted by Gasteiger charge is -2.25. The highest BCUT2D eigenvalue weighted by molar-refractivity contribution is 7.90. The number of halogens is 4. The molecule has 7 nitrogen and oxygen atoms in total. The van der Waals surface area contributed by atoms with Crippen LogP contribution in [0, 0.1) is 5.92 Å². The highest BCUT2D eigenvalue weighted by atomic mass is 35.5. The van der Waals surface area contributed by atoms with Gasteiger partial charge in [0.05, 0.1) is 16.5 Å². The second-order valence-electron chi connectivity index (χ2n) is 6.71. The van der Waals surface area contributed by atoms with Gasteiger partial charge in [0.25, 0.3) is 0 Å². The third-order valence-corrected chi connectivity index (χ3v) is 6.11. The third kappa shape index (κ3) is 5.45. The number of benzene rings is 1. The number of alkyl halides is 3. The van der Waals surface area contributed by atoms with Gasteiger partial charge in [-0.15, -0.1) is 0 Å². The SMILES string of the molecule is COC1CCC(=O)C(C(=O)c2ccc(S(C)(=O)=O)c(COCC(F)(F)F)c2Cl)C1=O. The summed E-state index contributed by atoms with van der Waals surface area (Å²) in [5.74, 6) is -4.06. The molecular formula is C18H18ClF3O7S. The molecule has 166 valence electrons. The molecule has 2 unspecified atom stereocenters. The molecule has 1 aromatic rings. The van der Waals surface area contributed by atoms with Crippen LogP contribution in [0.4, 0.5) is 13.2 Å². The minimum absolute atomic E-state index is 0.0821. The van der Waals surface area contributed by atoms with E-state index in [0.29, 0.717) is 0 Å². The Kier molecular flexibility index (Phi) is 7.44. The van der Waals surface area contributed by atoms with Crippen LogP contribution < -0.4 is 0 Å². The Bertz CT molecular complexity index is 973. The average molecular weight is 471 g/mol. The first-order valence-corrected chi connectivity index (χ1v) is 10.8. The molecule has 0 aromatic heterocycles. The quantitative estimate of drug-likeness (QED) is 0.445. The molecule has 1 aliphatic rings. The van der Waals surface area contributed by atoms with Crippen molar-refractivity contribution in [3.8, 4) is 0 Å². The molecule has 1 aromatic carbocycles. The number of hydrogen-bond donors (Lipinski definition) is 0. The first kappa shape index (κ1) is 24.4. The minimum Gasteiger partial charge on any atom is -0.374 e. The Morgan fingerprint density at radius 2 is 1.90 bits per heavy atom. The van der Waals surface area contributed by atoms with Crippen LogP contribution in [0.5, 0.6) is 0 Å². The molecule has 0 aliphatic heterocycles. The van der Waals surface area contributed by atoms with E-state index in [9.17, 15) is 36.0 Å². The predicted molar refractivity (Wildman–Crippen MR) is 98.1 cm³/mol. The Morgan fingerprint density at radius 3 is 2.43 bits per heavy atom. The molecule has 0 spiro atoms. The molecule has 0 heterocycles. The summed E-state index contributed by atoms with van der Waals surface area (Å²) in [5.41, 5.74) is -0.730. The lowest BCUT2D eigenvalue weighted by molar-refractivity contribution is -0.176. The van der Waals surface area contributed by atoms with Gasteiger partial charge in [0.15, 0.2) is 27.2 Å². The zero-order valence-corrected chi connectivity index (χ0v) is 17.5. The largest absolute Gasteiger partial charge is 0.411 e. The number of ether oxygens (including phenoxy) is 2. The maximum atomic E-state index is 12.9. The summed E-state index contributed by atoms with van der Waals surface area (Å²) < 4.78 is 70.6. The second kappa shape index (κ2) is 9.13. The van der Waals surface area contributed by atoms with E-state index in [1.54, 1.807) is 0 Å². The molecule has 2 atom stereocenters. The van der Waals surface area contributed by atoms with Gasteiger partial charge in [-0.2, -0.15) is 13.2 Å². The minimum atomic E-state index is -4.67. The fourth-order valence-corrected chi connectivity index (χ4v) is 4.41. The van der Waals surface area contributed by atoms with E-state index < -0.39 is 68.5 Å². The molecule has 0 radical (unpaired) electrons. The van der Waals surface area contributed by atoms with Gasteiger partial charge in [-0.3, -0.25) is 14.4 Å². The number of methoxy groups -OCH3 is 1. The number of Topliss-reactive ketones (excluding diaryl/α,β-unsaturated/α-hetero) is 3. The van der Waals surface area contributed by atoms with Crippen molar-refractivity contribution in [2.24, 2.45) is 5.92 Å². The van der Waals surface area contributed by atoms with Crippen LogP contribution in [-0.2, 0) is 35.5 Å². The lowest BCUT2D eigenvalue weighted by Crippen LogP contribution is -2.44. The number of carbonyl (C=O) groups is 3. The molecular weight excluding hydrogens is 453 g/mol. The van der Waals surface area contributed by atoms with Gasteiger partial charge in [-0.05, 0) is 18.6 Å². The molecule has 0 amide bonds. The van der Waals surface area contributed by atoms with Crippen LogP contribution in [0.15, 0.2) is 17.0 Å². The van der Waals surface area contributed by atoms with Crippen molar-refractivity contribution in [1.29, 1.82) is 0 Å². The van der Waals surface area contributed by atoms with Gasteiger partial charge in [0.1, 0.15) is 18.6 Å². The summed E-state index contributed by atoms with van der Waals surface area (Å²) in [6.45, 7) is -2.52. The van der Waals surface area contributed by atoms with E-state index in [4.69, 9.17) is 16.3 Å². The van der Waals surface area contributed by atoms with E-state index in [0.717, 1.165) is 18.4 Å². The summed E-state index contributed by atoms with van der Waals surface area (Å²) in [6, 6.07) is 2.00. The van der Waals surface area contributed by atoms with Crippen LogP contribution in [0.3, 0.4) is 0 Å². The van der Waals surface area contributed by atoms with Gasteiger partial charge in [0, 0.05) is 30.9 Å². The van der Waals surface area contributed by atoms with Gasteiger partial charge in [-0.1, -0.05) is 11.6 Å². The summed E-state index contributed by atoms with van der Waals surface area (Å²) >= 11 is 6.15. The molecule has 1 fully saturated rings. The molecule has 1 saturated carbocycles. The fourth-order valence-electron chi connectivity index (χ4n) is 3.11. The maximum absolute atomic E-state index is 12.9. The van der Waals surface area contributed by atoms with Gasteiger partial charge in [-0.25, -0.2) is 8.42 Å². The topological polar surface area (TPSA) is 104 Å². The molecule has 1 aliphatic carbocycles. The monoisotopic (exact) mass is 470 g/mol. The molecule has 0 N–H and O–H groups in total. The van der Waals surface area contributed by atoms with Crippen LogP contribution in [0.1, 0.15) is 28.8 Å². The molecule has 0 bridgehead atoms. The van der Waals surface area contributed by atoms with Crippen molar-refractivity contribution in [1.82, 2.24) is 0 Å². The van der Waals surface area contributed by atoms with E-state index >= 15 is 0 Å². The van der Waals surface area contributed by atoms with Gasteiger partial charge >= 0.3 is 6.18 Å². The summed E-state index contributed by atoms with van der Waals surface area (Å²) in [7, 11) is -2.68. The smallest absolute Gasteiger partial charge is 0.374 e. The van der Waals surface area contributed by atoms with Crippen LogP contribution >= 0.6 is 11.6 Å². The number of ketones is 3. The van der Waals surface area contributed by atoms with Crippen LogP contribution in [0.2, 0.25) is 5.02 Å². The van der Waals surface area contributed by atoms with E-state index in [-0.39, 0.29) is 24.0 Å². The Labute approximate surface area is 175 Å². The second-order valence-corrected chi connectivity index (χ2v) is 9.08. The highest BCUT2D eigenvalue weighted by Gasteiger charge is 2.43. The van der Waals surface area contributed by atoms with Crippen molar-refractivity contribution >= 4 is 38.8 Å². The number of hydrogen-bond acceptors (Lipinski definition) is 7. The first-order chi connectivity index (χ1) is 13.8. The van der Waals surface area contributed by atoms with Crippen molar-refractivity contribution < 1.29 is 45.4 Å². The molecule has 30 heavy (non-hydrogen) atoms. The zero-order chi connectivity index (χ0) is 22.9. The van der Waals surface area contributed by atoms with Crippen molar-refractivity contribution in [3.63, 3.8) is 0 Å². The third-order valence-electron chi connectivity index (χ3n) is 4.50. The Balaban J connectivity index is 2.48. The van der Waals surface area contributed by atoms with Gasteiger partial charge in [0.2, 0.25) is 0 Å². The average Bonchev–Trinajstić information content (AvgIpc) is 2.61. The van der Waals surface area contributed by atoms with E-state index in [2.05, 4.69) is 4.74 Å². The predicted octanol–water partition coefficient (Wildman–Crippen LogP) is 2.57.